The molecule has 0 saturated heterocycles. The molecule has 1 fully saturated rings. The Bertz CT molecular complexity index is 1360. The van der Waals surface area contributed by atoms with Gasteiger partial charge >= 0.3 is 0 Å². The van der Waals surface area contributed by atoms with E-state index in [1.54, 1.807) is 6.07 Å². The van der Waals surface area contributed by atoms with E-state index in [4.69, 9.17) is 4.98 Å². The van der Waals surface area contributed by atoms with Crippen LogP contribution in [0.15, 0.2) is 18.2 Å². The number of rotatable bonds is 5. The first kappa shape index (κ1) is 25.2. The summed E-state index contributed by atoms with van der Waals surface area (Å²) >= 11 is 0. The van der Waals surface area contributed by atoms with Gasteiger partial charge in [-0.15, -0.1) is 0 Å². The minimum atomic E-state index is -2.28. The molecule has 5 rings (SSSR count). The van der Waals surface area contributed by atoms with E-state index in [1.165, 1.54) is 12.1 Å². The van der Waals surface area contributed by atoms with Crippen molar-refractivity contribution in [3.05, 3.63) is 75.6 Å². The van der Waals surface area contributed by atoms with Crippen LogP contribution in [0.2, 0.25) is 0 Å². The number of halogens is 6. The number of carbonyl (C=O) groups is 1. The van der Waals surface area contributed by atoms with Crippen LogP contribution in [0.1, 0.15) is 54.6 Å². The molecular formula is C27H23F6N3O. The second kappa shape index (κ2) is 10.1. The highest BCUT2D eigenvalue weighted by atomic mass is 19.2. The van der Waals surface area contributed by atoms with Gasteiger partial charge in [0.05, 0.1) is 23.5 Å². The van der Waals surface area contributed by atoms with Crippen molar-refractivity contribution in [1.29, 1.82) is 0 Å². The highest BCUT2D eigenvalue weighted by Gasteiger charge is 2.28. The third kappa shape index (κ3) is 4.93. The van der Waals surface area contributed by atoms with Crippen LogP contribution in [0.4, 0.5) is 32.2 Å². The van der Waals surface area contributed by atoms with Gasteiger partial charge < -0.3 is 5.32 Å². The Labute approximate surface area is 209 Å². The molecule has 0 bridgehead atoms. The highest BCUT2D eigenvalue weighted by molar-refractivity contribution is 5.92. The maximum absolute atomic E-state index is 14.1. The van der Waals surface area contributed by atoms with Gasteiger partial charge in [0.1, 0.15) is 5.82 Å². The average Bonchev–Trinajstić information content (AvgIpc) is 2.89. The zero-order valence-corrected chi connectivity index (χ0v) is 19.7. The van der Waals surface area contributed by atoms with Gasteiger partial charge in [-0.25, -0.2) is 36.3 Å². The molecule has 0 spiro atoms. The quantitative estimate of drug-likeness (QED) is 0.242. The lowest BCUT2D eigenvalue weighted by molar-refractivity contribution is -0.115. The normalized spacial score (nSPS) is 15.3. The largest absolute Gasteiger partial charge is 0.309 e. The van der Waals surface area contributed by atoms with Crippen LogP contribution in [0.25, 0.3) is 11.3 Å². The van der Waals surface area contributed by atoms with E-state index in [0.29, 0.717) is 42.3 Å². The van der Waals surface area contributed by atoms with Gasteiger partial charge in [0.15, 0.2) is 29.1 Å². The van der Waals surface area contributed by atoms with Crippen molar-refractivity contribution < 1.29 is 31.1 Å². The zero-order chi connectivity index (χ0) is 26.3. The summed E-state index contributed by atoms with van der Waals surface area (Å²) in [5.41, 5.74) is 1.95. The van der Waals surface area contributed by atoms with Crippen molar-refractivity contribution in [3.8, 4) is 11.3 Å². The molecular weight excluding hydrogens is 496 g/mol. The van der Waals surface area contributed by atoms with Crippen molar-refractivity contribution in [3.63, 3.8) is 0 Å². The van der Waals surface area contributed by atoms with E-state index < -0.39 is 47.0 Å². The predicted molar refractivity (Wildman–Crippen MR) is 124 cm³/mol. The zero-order valence-electron chi connectivity index (χ0n) is 19.7. The number of aromatic nitrogens is 2. The summed E-state index contributed by atoms with van der Waals surface area (Å²) < 4.78 is 82.6. The van der Waals surface area contributed by atoms with Gasteiger partial charge in [0, 0.05) is 11.1 Å². The fourth-order valence-corrected chi connectivity index (χ4v) is 5.20. The molecule has 0 radical (unpaired) electrons. The van der Waals surface area contributed by atoms with Gasteiger partial charge in [-0.2, -0.15) is 0 Å². The Balaban J connectivity index is 1.49. The number of carbonyl (C=O) groups excluding carboxylic acids is 1. The summed E-state index contributed by atoms with van der Waals surface area (Å²) in [4.78, 5) is 22.1. The fraction of sp³-hybridized carbons (Fsp3) is 0.370. The Morgan fingerprint density at radius 3 is 2.24 bits per heavy atom. The number of nitrogens with one attached hydrogen (secondary N) is 1. The molecule has 37 heavy (non-hydrogen) atoms. The second-order valence-corrected chi connectivity index (χ2v) is 9.60. The van der Waals surface area contributed by atoms with Gasteiger partial charge in [-0.1, -0.05) is 32.1 Å². The summed E-state index contributed by atoms with van der Waals surface area (Å²) in [6, 6.07) is 4.44. The van der Waals surface area contributed by atoms with Crippen molar-refractivity contribution in [2.24, 2.45) is 5.92 Å². The third-order valence-corrected chi connectivity index (χ3v) is 7.10. The van der Waals surface area contributed by atoms with Gasteiger partial charge in [-0.05, 0) is 48.9 Å². The minimum absolute atomic E-state index is 0.101. The lowest BCUT2D eigenvalue weighted by Gasteiger charge is -2.24. The third-order valence-electron chi connectivity index (χ3n) is 7.10. The number of amides is 1. The lowest BCUT2D eigenvalue weighted by Crippen LogP contribution is -2.22. The van der Waals surface area contributed by atoms with E-state index in [-0.39, 0.29) is 11.6 Å². The molecule has 1 N–H and O–H groups in total. The summed E-state index contributed by atoms with van der Waals surface area (Å²) in [5.74, 6) is -11.5. The first-order valence-corrected chi connectivity index (χ1v) is 12.2. The van der Waals surface area contributed by atoms with Crippen LogP contribution < -0.4 is 5.32 Å². The molecule has 0 aliphatic heterocycles. The van der Waals surface area contributed by atoms with Crippen LogP contribution >= 0.6 is 0 Å². The summed E-state index contributed by atoms with van der Waals surface area (Å²) in [7, 11) is 0. The van der Waals surface area contributed by atoms with Gasteiger partial charge in [-0.3, -0.25) is 4.79 Å². The maximum Gasteiger partial charge on any atom is 0.230 e. The van der Waals surface area contributed by atoms with Crippen molar-refractivity contribution in [2.45, 2.75) is 57.8 Å². The number of fused-ring (bicyclic) bond motifs is 3. The summed E-state index contributed by atoms with van der Waals surface area (Å²) in [5, 5.41) is 2.50. The van der Waals surface area contributed by atoms with Crippen molar-refractivity contribution in [1.82, 2.24) is 9.97 Å². The smallest absolute Gasteiger partial charge is 0.230 e. The standard InChI is InChI=1S/C27H23F6N3O/c28-15-7-8-16-14(11-15)6-9-18-26(16)34-19(10-13-4-2-1-3-5-13)27(35-18)36-20(37)12-17-21(29)23(31)25(33)24(32)22(17)30/h7-8,11,13H,1-6,9-10,12H2,(H,35,36,37). The van der Waals surface area contributed by atoms with Crippen LogP contribution in [-0.2, 0) is 30.5 Å². The SMILES string of the molecule is O=C(Cc1c(F)c(F)c(F)c(F)c1F)Nc1nc2c(nc1CC1CCCCC1)-c1ccc(F)cc1CC2. The number of nitrogens with zero attached hydrogens (tertiary/aromatic N) is 2. The Kier molecular flexibility index (Phi) is 6.92. The second-order valence-electron chi connectivity index (χ2n) is 9.60. The molecule has 4 nitrogen and oxygen atoms in total. The fourth-order valence-electron chi connectivity index (χ4n) is 5.20. The lowest BCUT2D eigenvalue weighted by atomic mass is 9.85. The molecule has 1 aromatic heterocycles. The predicted octanol–water partition coefficient (Wildman–Crippen LogP) is 6.38. The molecule has 3 aromatic rings. The maximum atomic E-state index is 14.1. The van der Waals surface area contributed by atoms with E-state index in [1.807, 2.05) is 0 Å². The first-order valence-electron chi connectivity index (χ1n) is 12.2. The molecule has 0 atom stereocenters. The van der Waals surface area contributed by atoms with E-state index in [0.717, 1.165) is 43.2 Å². The molecule has 1 amide bonds. The molecule has 1 saturated carbocycles. The minimum Gasteiger partial charge on any atom is -0.309 e. The van der Waals surface area contributed by atoms with Crippen LogP contribution in [-0.4, -0.2) is 15.9 Å². The van der Waals surface area contributed by atoms with Crippen molar-refractivity contribution >= 4 is 11.7 Å². The van der Waals surface area contributed by atoms with Crippen LogP contribution in [0.5, 0.6) is 0 Å². The topological polar surface area (TPSA) is 54.9 Å². The number of aryl methyl sites for hydroxylation is 2. The Morgan fingerprint density at radius 1 is 0.865 bits per heavy atom. The van der Waals surface area contributed by atoms with Crippen molar-refractivity contribution in [2.75, 3.05) is 5.32 Å². The molecule has 2 aromatic carbocycles. The van der Waals surface area contributed by atoms with Crippen LogP contribution in [0, 0.1) is 40.8 Å². The Hall–Kier alpha value is -3.43. The van der Waals surface area contributed by atoms with E-state index in [2.05, 4.69) is 10.3 Å². The Morgan fingerprint density at radius 2 is 1.54 bits per heavy atom. The summed E-state index contributed by atoms with van der Waals surface area (Å²) in [6.45, 7) is 0. The average molecular weight is 519 g/mol. The van der Waals surface area contributed by atoms with E-state index >= 15 is 0 Å². The molecule has 0 unspecified atom stereocenters. The molecule has 194 valence electrons. The van der Waals surface area contributed by atoms with Gasteiger partial charge in [0.2, 0.25) is 11.7 Å². The molecule has 10 heteroatoms. The first-order chi connectivity index (χ1) is 17.7. The molecule has 2 aliphatic carbocycles. The van der Waals surface area contributed by atoms with Crippen LogP contribution in [0.3, 0.4) is 0 Å². The summed E-state index contributed by atoms with van der Waals surface area (Å²) in [6.07, 6.45) is 5.57. The number of hydrogen-bond acceptors (Lipinski definition) is 3. The monoisotopic (exact) mass is 519 g/mol. The van der Waals surface area contributed by atoms with E-state index in [9.17, 15) is 31.1 Å². The number of anilines is 1. The molecule has 2 aliphatic rings. The number of hydrogen-bond donors (Lipinski definition) is 1. The van der Waals surface area contributed by atoms with Gasteiger partial charge in [0.25, 0.3) is 0 Å². The molecule has 1 heterocycles. The highest BCUT2D eigenvalue weighted by Crippen LogP contribution is 2.35. The number of benzene rings is 2.